The number of nitrogens with zero attached hydrogens (tertiary/aromatic N) is 6. The van der Waals surface area contributed by atoms with Crippen molar-refractivity contribution in [2.45, 2.75) is 46.2 Å². The van der Waals surface area contributed by atoms with Crippen LogP contribution in [0.15, 0.2) is 17.6 Å². The number of fused-ring (bicyclic) bond motifs is 1. The van der Waals surface area contributed by atoms with E-state index in [0.29, 0.717) is 12.2 Å². The molecule has 0 N–H and O–H groups in total. The van der Waals surface area contributed by atoms with E-state index in [4.69, 9.17) is 0 Å². The standard InChI is InChI=1S/C20H28N6OS/c1-15-13-16(2)26(22-15)10-9-23(3)14-17-18(21-20-25(17)11-12-28-20)19(27)24-7-5-4-6-8-24/h11-13H,4-10,14H2,1-3H3. The van der Waals surface area contributed by atoms with E-state index in [1.807, 2.05) is 28.1 Å². The molecule has 0 bridgehead atoms. The van der Waals surface area contributed by atoms with Crippen LogP contribution in [0.25, 0.3) is 4.96 Å². The fourth-order valence-electron chi connectivity index (χ4n) is 3.90. The molecule has 0 radical (unpaired) electrons. The average molecular weight is 401 g/mol. The van der Waals surface area contributed by atoms with Gasteiger partial charge in [0.05, 0.1) is 17.9 Å². The van der Waals surface area contributed by atoms with Gasteiger partial charge in [-0.1, -0.05) is 0 Å². The zero-order valence-corrected chi connectivity index (χ0v) is 17.7. The molecule has 7 nitrogen and oxygen atoms in total. The maximum absolute atomic E-state index is 13.1. The first-order valence-corrected chi connectivity index (χ1v) is 10.8. The van der Waals surface area contributed by atoms with Crippen molar-refractivity contribution in [2.24, 2.45) is 0 Å². The van der Waals surface area contributed by atoms with Gasteiger partial charge in [-0.05, 0) is 46.2 Å². The number of rotatable bonds is 6. The Kier molecular flexibility index (Phi) is 5.50. The number of carbonyl (C=O) groups is 1. The number of hydrogen-bond acceptors (Lipinski definition) is 5. The van der Waals surface area contributed by atoms with E-state index in [-0.39, 0.29) is 5.91 Å². The summed E-state index contributed by atoms with van der Waals surface area (Å²) in [4.78, 5) is 22.9. The molecule has 150 valence electrons. The monoisotopic (exact) mass is 400 g/mol. The van der Waals surface area contributed by atoms with Gasteiger partial charge in [0.25, 0.3) is 5.91 Å². The second-order valence-corrected chi connectivity index (χ2v) is 8.58. The molecule has 0 saturated carbocycles. The van der Waals surface area contributed by atoms with E-state index in [1.165, 1.54) is 12.1 Å². The summed E-state index contributed by atoms with van der Waals surface area (Å²) in [6.07, 6.45) is 5.41. The molecule has 4 rings (SSSR count). The lowest BCUT2D eigenvalue weighted by Gasteiger charge is -2.26. The largest absolute Gasteiger partial charge is 0.337 e. The summed E-state index contributed by atoms with van der Waals surface area (Å²) >= 11 is 1.58. The highest BCUT2D eigenvalue weighted by molar-refractivity contribution is 7.15. The molecule has 0 spiro atoms. The minimum Gasteiger partial charge on any atom is -0.337 e. The highest BCUT2D eigenvalue weighted by Gasteiger charge is 2.26. The molecule has 1 amide bonds. The summed E-state index contributed by atoms with van der Waals surface area (Å²) in [5.74, 6) is 0.0811. The number of thiazole rings is 1. The molecule has 0 aromatic carbocycles. The molecule has 0 atom stereocenters. The molecule has 28 heavy (non-hydrogen) atoms. The van der Waals surface area contributed by atoms with Gasteiger partial charge in [0.15, 0.2) is 10.7 Å². The predicted molar refractivity (Wildman–Crippen MR) is 111 cm³/mol. The summed E-state index contributed by atoms with van der Waals surface area (Å²) < 4.78 is 4.11. The Bertz CT molecular complexity index is 965. The fraction of sp³-hybridized carbons (Fsp3) is 0.550. The molecule has 0 aliphatic carbocycles. The summed E-state index contributed by atoms with van der Waals surface area (Å²) in [6.45, 7) is 8.17. The summed E-state index contributed by atoms with van der Waals surface area (Å²) in [5, 5.41) is 6.57. The highest BCUT2D eigenvalue weighted by atomic mass is 32.1. The predicted octanol–water partition coefficient (Wildman–Crippen LogP) is 2.97. The zero-order valence-electron chi connectivity index (χ0n) is 16.9. The normalized spacial score (nSPS) is 15.1. The molecule has 1 aliphatic heterocycles. The number of carbonyl (C=O) groups excluding carboxylic acids is 1. The van der Waals surface area contributed by atoms with Crippen LogP contribution in [0, 0.1) is 13.8 Å². The molecule has 0 unspecified atom stereocenters. The lowest BCUT2D eigenvalue weighted by atomic mass is 10.1. The van der Waals surface area contributed by atoms with Crippen molar-refractivity contribution in [1.82, 2.24) is 29.0 Å². The number of piperidine rings is 1. The number of likely N-dealkylation sites (tertiary alicyclic amines) is 1. The van der Waals surface area contributed by atoms with Gasteiger partial charge >= 0.3 is 0 Å². The Morgan fingerprint density at radius 3 is 2.75 bits per heavy atom. The zero-order chi connectivity index (χ0) is 19.7. The van der Waals surface area contributed by atoms with E-state index in [0.717, 1.165) is 55.4 Å². The topological polar surface area (TPSA) is 58.7 Å². The number of aromatic nitrogens is 4. The van der Waals surface area contributed by atoms with Gasteiger partial charge in [-0.15, -0.1) is 11.3 Å². The van der Waals surface area contributed by atoms with Crippen molar-refractivity contribution in [1.29, 1.82) is 0 Å². The Morgan fingerprint density at radius 1 is 1.25 bits per heavy atom. The van der Waals surface area contributed by atoms with Crippen LogP contribution in [0.5, 0.6) is 0 Å². The fourth-order valence-corrected chi connectivity index (χ4v) is 4.64. The number of hydrogen-bond donors (Lipinski definition) is 0. The van der Waals surface area contributed by atoms with Crippen molar-refractivity contribution in [3.63, 3.8) is 0 Å². The van der Waals surface area contributed by atoms with Crippen LogP contribution in [0.3, 0.4) is 0 Å². The number of amides is 1. The maximum Gasteiger partial charge on any atom is 0.274 e. The van der Waals surface area contributed by atoms with E-state index in [1.54, 1.807) is 11.3 Å². The van der Waals surface area contributed by atoms with Gasteiger partial charge in [0.1, 0.15) is 0 Å². The lowest BCUT2D eigenvalue weighted by Crippen LogP contribution is -2.36. The number of imidazole rings is 1. The van der Waals surface area contributed by atoms with Gasteiger partial charge in [-0.2, -0.15) is 5.10 Å². The molecule has 1 fully saturated rings. The van der Waals surface area contributed by atoms with Crippen LogP contribution < -0.4 is 0 Å². The summed E-state index contributed by atoms with van der Waals surface area (Å²) in [7, 11) is 2.09. The molecular weight excluding hydrogens is 372 g/mol. The van der Waals surface area contributed by atoms with Gasteiger partial charge in [0.2, 0.25) is 0 Å². The molecule has 8 heteroatoms. The van der Waals surface area contributed by atoms with Crippen LogP contribution in [0.2, 0.25) is 0 Å². The smallest absolute Gasteiger partial charge is 0.274 e. The van der Waals surface area contributed by atoms with Crippen LogP contribution in [-0.4, -0.2) is 61.6 Å². The molecule has 3 aromatic heterocycles. The Labute approximate surface area is 169 Å². The quantitative estimate of drug-likeness (QED) is 0.638. The van der Waals surface area contributed by atoms with Crippen molar-refractivity contribution < 1.29 is 4.79 Å². The third kappa shape index (κ3) is 3.84. The second kappa shape index (κ2) is 8.05. The van der Waals surface area contributed by atoms with Gasteiger partial charge < -0.3 is 4.90 Å². The number of likely N-dealkylation sites (N-methyl/N-ethyl adjacent to an activating group) is 1. The summed E-state index contributed by atoms with van der Waals surface area (Å²) in [6, 6.07) is 2.10. The average Bonchev–Trinajstić information content (AvgIpc) is 3.36. The van der Waals surface area contributed by atoms with E-state index in [2.05, 4.69) is 39.4 Å². The SMILES string of the molecule is Cc1cc(C)n(CCN(C)Cc2c(C(=O)N3CCCCC3)nc3sccn23)n1. The third-order valence-electron chi connectivity index (χ3n) is 5.42. The highest BCUT2D eigenvalue weighted by Crippen LogP contribution is 2.22. The Morgan fingerprint density at radius 2 is 2.04 bits per heavy atom. The van der Waals surface area contributed by atoms with Crippen molar-refractivity contribution in [3.05, 3.63) is 40.4 Å². The van der Waals surface area contributed by atoms with Crippen molar-refractivity contribution >= 4 is 22.2 Å². The van der Waals surface area contributed by atoms with Gasteiger partial charge in [-0.25, -0.2) is 4.98 Å². The first-order valence-electron chi connectivity index (χ1n) is 9.96. The van der Waals surface area contributed by atoms with E-state index in [9.17, 15) is 4.79 Å². The van der Waals surface area contributed by atoms with Crippen LogP contribution >= 0.6 is 11.3 Å². The second-order valence-electron chi connectivity index (χ2n) is 7.70. The van der Waals surface area contributed by atoms with Crippen molar-refractivity contribution in [3.8, 4) is 0 Å². The maximum atomic E-state index is 13.1. The van der Waals surface area contributed by atoms with Crippen LogP contribution in [0.4, 0.5) is 0 Å². The number of aryl methyl sites for hydroxylation is 2. The van der Waals surface area contributed by atoms with Crippen LogP contribution in [0.1, 0.15) is 46.8 Å². The van der Waals surface area contributed by atoms with Crippen molar-refractivity contribution in [2.75, 3.05) is 26.7 Å². The summed E-state index contributed by atoms with van der Waals surface area (Å²) in [5.41, 5.74) is 3.83. The van der Waals surface area contributed by atoms with Crippen LogP contribution in [-0.2, 0) is 13.1 Å². The first-order chi connectivity index (χ1) is 13.5. The van der Waals surface area contributed by atoms with E-state index < -0.39 is 0 Å². The minimum absolute atomic E-state index is 0.0811. The molecule has 1 aliphatic rings. The van der Waals surface area contributed by atoms with E-state index >= 15 is 0 Å². The third-order valence-corrected chi connectivity index (χ3v) is 6.18. The van der Waals surface area contributed by atoms with Gasteiger partial charge in [0, 0.05) is 43.4 Å². The Balaban J connectivity index is 1.51. The molecule has 3 aromatic rings. The lowest BCUT2D eigenvalue weighted by molar-refractivity contribution is 0.0716. The minimum atomic E-state index is 0.0811. The molecule has 1 saturated heterocycles. The first kappa shape index (κ1) is 19.1. The molecule has 4 heterocycles. The molecular formula is C20H28N6OS. The van der Waals surface area contributed by atoms with Gasteiger partial charge in [-0.3, -0.25) is 18.8 Å². The Hall–Kier alpha value is -2.19.